The summed E-state index contributed by atoms with van der Waals surface area (Å²) in [5.41, 5.74) is 1.62. The van der Waals surface area contributed by atoms with E-state index < -0.39 is 15.9 Å². The zero-order valence-electron chi connectivity index (χ0n) is 17.7. The molecule has 8 heteroatoms. The van der Waals surface area contributed by atoms with Crippen LogP contribution in [0.2, 0.25) is 0 Å². The van der Waals surface area contributed by atoms with Crippen molar-refractivity contribution in [3.05, 3.63) is 77.8 Å². The zero-order chi connectivity index (χ0) is 22.7. The molecule has 1 aliphatic heterocycles. The van der Waals surface area contributed by atoms with Crippen LogP contribution in [-0.2, 0) is 21.2 Å². The maximum atomic E-state index is 13.2. The van der Waals surface area contributed by atoms with E-state index in [4.69, 9.17) is 9.15 Å². The van der Waals surface area contributed by atoms with Crippen LogP contribution >= 0.6 is 0 Å². The van der Waals surface area contributed by atoms with Crippen LogP contribution in [0.15, 0.2) is 65.1 Å². The van der Waals surface area contributed by atoms with Gasteiger partial charge in [0, 0.05) is 11.6 Å². The van der Waals surface area contributed by atoms with Gasteiger partial charge in [-0.2, -0.15) is 0 Å². The van der Waals surface area contributed by atoms with Crippen molar-refractivity contribution < 1.29 is 26.8 Å². The fraction of sp³-hybridized carbons (Fsp3) is 0.292. The van der Waals surface area contributed by atoms with Crippen molar-refractivity contribution >= 4 is 15.7 Å². The van der Waals surface area contributed by atoms with Crippen LogP contribution in [0.5, 0.6) is 5.75 Å². The first-order valence-electron chi connectivity index (χ1n) is 10.3. The van der Waals surface area contributed by atoms with Gasteiger partial charge in [-0.25, -0.2) is 12.8 Å². The molecule has 0 saturated carbocycles. The second kappa shape index (κ2) is 9.16. The van der Waals surface area contributed by atoms with Crippen LogP contribution in [0, 0.1) is 12.7 Å². The van der Waals surface area contributed by atoms with E-state index in [0.29, 0.717) is 29.3 Å². The lowest BCUT2D eigenvalue weighted by Crippen LogP contribution is -2.43. The molecule has 6 nitrogen and oxygen atoms in total. The van der Waals surface area contributed by atoms with Crippen molar-refractivity contribution in [2.45, 2.75) is 25.9 Å². The van der Waals surface area contributed by atoms with E-state index in [1.807, 2.05) is 25.1 Å². The SMILES string of the molecule is Cc1ccccc1OCC(=O)N(Cc1ccc(-c2ccc(F)cc2)o1)[C@@H]1CCS(=O)(=O)C1. The van der Waals surface area contributed by atoms with Crippen LogP contribution in [-0.4, -0.2) is 43.4 Å². The Bertz CT molecular complexity index is 1200. The van der Waals surface area contributed by atoms with Gasteiger partial charge in [0.15, 0.2) is 16.4 Å². The highest BCUT2D eigenvalue weighted by atomic mass is 32.2. The molecule has 0 N–H and O–H groups in total. The van der Waals surface area contributed by atoms with Gasteiger partial charge >= 0.3 is 0 Å². The minimum absolute atomic E-state index is 0.0546. The highest BCUT2D eigenvalue weighted by molar-refractivity contribution is 7.91. The number of para-hydroxylation sites is 1. The molecule has 2 heterocycles. The molecule has 0 aliphatic carbocycles. The molecule has 3 aromatic rings. The molecule has 1 aliphatic rings. The second-order valence-corrected chi connectivity index (χ2v) is 10.1. The Hall–Kier alpha value is -3.13. The monoisotopic (exact) mass is 457 g/mol. The fourth-order valence-corrected chi connectivity index (χ4v) is 5.51. The third-order valence-corrected chi connectivity index (χ3v) is 7.28. The summed E-state index contributed by atoms with van der Waals surface area (Å²) < 4.78 is 48.8. The third-order valence-electron chi connectivity index (χ3n) is 5.53. The van der Waals surface area contributed by atoms with Crippen molar-refractivity contribution in [2.75, 3.05) is 18.1 Å². The van der Waals surface area contributed by atoms with E-state index in [0.717, 1.165) is 5.56 Å². The standard InChI is InChI=1S/C24H24FNO5S/c1-17-4-2-3-5-22(17)30-15-24(27)26(20-12-13-32(28,29)16-20)14-21-10-11-23(31-21)18-6-8-19(25)9-7-18/h2-11,20H,12-16H2,1H3/t20-/m1/s1. The van der Waals surface area contributed by atoms with E-state index in [1.54, 1.807) is 30.3 Å². The summed E-state index contributed by atoms with van der Waals surface area (Å²) >= 11 is 0. The van der Waals surface area contributed by atoms with Gasteiger partial charge in [-0.1, -0.05) is 18.2 Å². The number of aryl methyl sites for hydroxylation is 1. The van der Waals surface area contributed by atoms with E-state index >= 15 is 0 Å². The van der Waals surface area contributed by atoms with Crippen LogP contribution in [0.25, 0.3) is 11.3 Å². The number of benzene rings is 2. The predicted molar refractivity (Wildman–Crippen MR) is 118 cm³/mol. The predicted octanol–water partition coefficient (Wildman–Crippen LogP) is 3.99. The van der Waals surface area contributed by atoms with Crippen molar-refractivity contribution in [3.8, 4) is 17.1 Å². The number of sulfone groups is 1. The third kappa shape index (κ3) is 5.19. The quantitative estimate of drug-likeness (QED) is 0.536. The van der Waals surface area contributed by atoms with Gasteiger partial charge in [-0.3, -0.25) is 4.79 Å². The van der Waals surface area contributed by atoms with Crippen LogP contribution < -0.4 is 4.74 Å². The number of carbonyl (C=O) groups excluding carboxylic acids is 1. The van der Waals surface area contributed by atoms with Crippen molar-refractivity contribution in [3.63, 3.8) is 0 Å². The van der Waals surface area contributed by atoms with E-state index in [1.165, 1.54) is 17.0 Å². The maximum absolute atomic E-state index is 13.2. The van der Waals surface area contributed by atoms with Gasteiger partial charge < -0.3 is 14.1 Å². The van der Waals surface area contributed by atoms with Gasteiger partial charge in [0.2, 0.25) is 0 Å². The van der Waals surface area contributed by atoms with Crippen molar-refractivity contribution in [1.82, 2.24) is 4.90 Å². The van der Waals surface area contributed by atoms with Crippen molar-refractivity contribution in [2.24, 2.45) is 0 Å². The average molecular weight is 458 g/mol. The molecule has 32 heavy (non-hydrogen) atoms. The Morgan fingerprint density at radius 1 is 1.12 bits per heavy atom. The number of amides is 1. The summed E-state index contributed by atoms with van der Waals surface area (Å²) in [7, 11) is -3.18. The highest BCUT2D eigenvalue weighted by Gasteiger charge is 2.35. The van der Waals surface area contributed by atoms with Gasteiger partial charge in [-0.05, 0) is 61.4 Å². The first-order chi connectivity index (χ1) is 15.3. The molecule has 1 atom stereocenters. The summed E-state index contributed by atoms with van der Waals surface area (Å²) in [6.07, 6.45) is 0.379. The minimum atomic E-state index is -3.18. The molecule has 168 valence electrons. The molecule has 0 spiro atoms. The number of hydrogen-bond acceptors (Lipinski definition) is 5. The molecule has 1 saturated heterocycles. The minimum Gasteiger partial charge on any atom is -0.484 e. The molecule has 1 fully saturated rings. The Morgan fingerprint density at radius 2 is 1.88 bits per heavy atom. The maximum Gasteiger partial charge on any atom is 0.261 e. The van der Waals surface area contributed by atoms with Crippen LogP contribution in [0.1, 0.15) is 17.7 Å². The van der Waals surface area contributed by atoms with Crippen LogP contribution in [0.4, 0.5) is 4.39 Å². The molecule has 0 radical (unpaired) electrons. The fourth-order valence-electron chi connectivity index (χ4n) is 3.78. The Morgan fingerprint density at radius 3 is 2.56 bits per heavy atom. The van der Waals surface area contributed by atoms with E-state index in [2.05, 4.69) is 0 Å². The number of ether oxygens (including phenoxy) is 1. The molecule has 1 amide bonds. The number of halogens is 1. The average Bonchev–Trinajstić information content (AvgIpc) is 3.38. The lowest BCUT2D eigenvalue weighted by molar-refractivity contribution is -0.136. The first-order valence-corrected chi connectivity index (χ1v) is 12.2. The largest absolute Gasteiger partial charge is 0.484 e. The van der Waals surface area contributed by atoms with Gasteiger partial charge in [0.05, 0.1) is 18.1 Å². The number of furan rings is 1. The molecular formula is C24H24FNO5S. The first kappa shape index (κ1) is 22.1. The Kier molecular flexibility index (Phi) is 6.32. The summed E-state index contributed by atoms with van der Waals surface area (Å²) in [6.45, 7) is 1.81. The van der Waals surface area contributed by atoms with Gasteiger partial charge in [0.1, 0.15) is 23.1 Å². The smallest absolute Gasteiger partial charge is 0.261 e. The number of carbonyl (C=O) groups is 1. The lowest BCUT2D eigenvalue weighted by Gasteiger charge is -2.27. The second-order valence-electron chi connectivity index (χ2n) is 7.91. The number of rotatable bonds is 7. The lowest BCUT2D eigenvalue weighted by atomic mass is 10.2. The zero-order valence-corrected chi connectivity index (χ0v) is 18.5. The molecule has 1 aromatic heterocycles. The summed E-state index contributed by atoms with van der Waals surface area (Å²) in [5, 5.41) is 0. The van der Waals surface area contributed by atoms with E-state index in [-0.39, 0.29) is 36.4 Å². The molecular weight excluding hydrogens is 433 g/mol. The Balaban J connectivity index is 1.51. The Labute approximate surface area is 186 Å². The van der Waals surface area contributed by atoms with Crippen LogP contribution in [0.3, 0.4) is 0 Å². The molecule has 0 unspecified atom stereocenters. The summed E-state index contributed by atoms with van der Waals surface area (Å²) in [4.78, 5) is 14.6. The van der Waals surface area contributed by atoms with Crippen molar-refractivity contribution in [1.29, 1.82) is 0 Å². The molecule has 2 aromatic carbocycles. The molecule has 0 bridgehead atoms. The van der Waals surface area contributed by atoms with Gasteiger partial charge in [0.25, 0.3) is 5.91 Å². The van der Waals surface area contributed by atoms with Gasteiger partial charge in [-0.15, -0.1) is 0 Å². The number of nitrogens with zero attached hydrogens (tertiary/aromatic N) is 1. The van der Waals surface area contributed by atoms with E-state index in [9.17, 15) is 17.6 Å². The summed E-state index contributed by atoms with van der Waals surface area (Å²) in [5.74, 6) is 0.994. The number of hydrogen-bond donors (Lipinski definition) is 0. The summed E-state index contributed by atoms with van der Waals surface area (Å²) in [6, 6.07) is 16.4. The normalized spacial score (nSPS) is 17.2. The highest BCUT2D eigenvalue weighted by Crippen LogP contribution is 2.26. The molecule has 4 rings (SSSR count). The topological polar surface area (TPSA) is 76.8 Å².